The molecule has 0 bridgehead atoms. The Bertz CT molecular complexity index is 250. The third kappa shape index (κ3) is 8.05. The van der Waals surface area contributed by atoms with Crippen molar-refractivity contribution >= 4 is 30.1 Å². The van der Waals surface area contributed by atoms with Gasteiger partial charge in [0.15, 0.2) is 0 Å². The number of nitrogens with one attached hydrogen (secondary N) is 1. The van der Waals surface area contributed by atoms with Crippen LogP contribution in [0.25, 0.3) is 0 Å². The van der Waals surface area contributed by atoms with Crippen LogP contribution < -0.4 is 5.32 Å². The van der Waals surface area contributed by atoms with Crippen molar-refractivity contribution in [3.05, 3.63) is 0 Å². The minimum atomic E-state index is 0. The molecule has 1 unspecified atom stereocenters. The van der Waals surface area contributed by atoms with Crippen LogP contribution in [-0.2, 0) is 4.79 Å². The molecule has 114 valence electrons. The summed E-state index contributed by atoms with van der Waals surface area (Å²) in [7, 11) is 1.99. The zero-order valence-electron chi connectivity index (χ0n) is 12.5. The largest absolute Gasteiger partial charge is 0.342 e. The summed E-state index contributed by atoms with van der Waals surface area (Å²) >= 11 is 1.79. The van der Waals surface area contributed by atoms with Gasteiger partial charge in [-0.05, 0) is 50.4 Å². The van der Waals surface area contributed by atoms with Crippen molar-refractivity contribution in [1.29, 1.82) is 0 Å². The van der Waals surface area contributed by atoms with Crippen molar-refractivity contribution in [3.63, 3.8) is 0 Å². The van der Waals surface area contributed by atoms with Crippen LogP contribution in [0, 0.1) is 11.8 Å². The number of amides is 1. The van der Waals surface area contributed by atoms with Gasteiger partial charge < -0.3 is 10.2 Å². The summed E-state index contributed by atoms with van der Waals surface area (Å²) in [6.45, 7) is 7.41. The monoisotopic (exact) mass is 308 g/mol. The molecular formula is C14H29ClN2OS. The molecule has 0 radical (unpaired) electrons. The predicted octanol–water partition coefficient (Wildman–Crippen LogP) is 2.65. The van der Waals surface area contributed by atoms with Crippen molar-refractivity contribution in [2.24, 2.45) is 11.8 Å². The van der Waals surface area contributed by atoms with E-state index in [0.717, 1.165) is 37.7 Å². The molecular weight excluding hydrogens is 280 g/mol. The van der Waals surface area contributed by atoms with E-state index >= 15 is 0 Å². The number of carbonyl (C=O) groups excluding carboxylic acids is 1. The van der Waals surface area contributed by atoms with Gasteiger partial charge in [-0.3, -0.25) is 4.79 Å². The smallest absolute Gasteiger partial charge is 0.232 e. The number of nitrogens with zero attached hydrogens (tertiary/aromatic N) is 1. The molecule has 1 aliphatic heterocycles. The van der Waals surface area contributed by atoms with Crippen LogP contribution in [0.4, 0.5) is 0 Å². The molecule has 0 aromatic carbocycles. The topological polar surface area (TPSA) is 32.3 Å². The van der Waals surface area contributed by atoms with Crippen molar-refractivity contribution in [2.45, 2.75) is 33.1 Å². The Morgan fingerprint density at radius 1 is 1.47 bits per heavy atom. The first-order chi connectivity index (χ1) is 8.63. The molecule has 0 aromatic heterocycles. The SMILES string of the molecule is CNCC1CCCN(C(=O)CSCCC(C)C)C1.Cl. The average Bonchev–Trinajstić information content (AvgIpc) is 2.35. The van der Waals surface area contributed by atoms with Gasteiger partial charge in [0.05, 0.1) is 5.75 Å². The standard InChI is InChI=1S/C14H28N2OS.ClH/c1-12(2)6-8-18-11-14(17)16-7-4-5-13(10-16)9-15-3;/h12-13,15H,4-11H2,1-3H3;1H. The number of carbonyl (C=O) groups is 1. The molecule has 1 rings (SSSR count). The Kier molecular flexibility index (Phi) is 10.8. The zero-order valence-corrected chi connectivity index (χ0v) is 14.1. The number of likely N-dealkylation sites (tertiary alicyclic amines) is 1. The highest BCUT2D eigenvalue weighted by molar-refractivity contribution is 7.99. The molecule has 0 saturated carbocycles. The Balaban J connectivity index is 0.00000324. The van der Waals surface area contributed by atoms with Gasteiger partial charge in [-0.15, -0.1) is 12.4 Å². The highest BCUT2D eigenvalue weighted by Crippen LogP contribution is 2.17. The molecule has 1 aliphatic rings. The maximum absolute atomic E-state index is 12.1. The Morgan fingerprint density at radius 2 is 2.21 bits per heavy atom. The summed E-state index contributed by atoms with van der Waals surface area (Å²) in [5, 5.41) is 3.22. The van der Waals surface area contributed by atoms with Crippen LogP contribution in [0.1, 0.15) is 33.1 Å². The van der Waals surface area contributed by atoms with E-state index in [1.54, 1.807) is 11.8 Å². The van der Waals surface area contributed by atoms with E-state index in [2.05, 4.69) is 24.1 Å². The quantitative estimate of drug-likeness (QED) is 0.734. The third-order valence-corrected chi connectivity index (χ3v) is 4.41. The average molecular weight is 309 g/mol. The molecule has 1 atom stereocenters. The fourth-order valence-electron chi connectivity index (χ4n) is 2.32. The lowest BCUT2D eigenvalue weighted by Crippen LogP contribution is -2.43. The van der Waals surface area contributed by atoms with Crippen molar-refractivity contribution in [2.75, 3.05) is 38.2 Å². The van der Waals surface area contributed by atoms with Crippen LogP contribution in [0.3, 0.4) is 0 Å². The van der Waals surface area contributed by atoms with Crippen LogP contribution in [0.5, 0.6) is 0 Å². The maximum atomic E-state index is 12.1. The molecule has 0 aliphatic carbocycles. The zero-order chi connectivity index (χ0) is 13.4. The van der Waals surface area contributed by atoms with Gasteiger partial charge in [0.1, 0.15) is 0 Å². The number of thioether (sulfide) groups is 1. The summed E-state index contributed by atoms with van der Waals surface area (Å²) in [5.74, 6) is 3.50. The molecule has 5 heteroatoms. The van der Waals surface area contributed by atoms with Crippen LogP contribution in [0.2, 0.25) is 0 Å². The maximum Gasteiger partial charge on any atom is 0.232 e. The molecule has 0 spiro atoms. The van der Waals surface area contributed by atoms with Crippen LogP contribution in [0.15, 0.2) is 0 Å². The number of piperidine rings is 1. The predicted molar refractivity (Wildman–Crippen MR) is 87.3 cm³/mol. The molecule has 1 heterocycles. The van der Waals surface area contributed by atoms with Gasteiger partial charge in [0.2, 0.25) is 5.91 Å². The second-order valence-corrected chi connectivity index (χ2v) is 6.75. The van der Waals surface area contributed by atoms with E-state index in [9.17, 15) is 4.79 Å². The Morgan fingerprint density at radius 3 is 2.84 bits per heavy atom. The van der Waals surface area contributed by atoms with Gasteiger partial charge in [0.25, 0.3) is 0 Å². The molecule has 1 amide bonds. The first-order valence-electron chi connectivity index (χ1n) is 7.13. The van der Waals surface area contributed by atoms with E-state index in [0.29, 0.717) is 17.6 Å². The van der Waals surface area contributed by atoms with Crippen molar-refractivity contribution in [3.8, 4) is 0 Å². The highest BCUT2D eigenvalue weighted by Gasteiger charge is 2.22. The van der Waals surface area contributed by atoms with Gasteiger partial charge in [-0.1, -0.05) is 13.8 Å². The van der Waals surface area contributed by atoms with E-state index in [1.165, 1.54) is 12.8 Å². The summed E-state index contributed by atoms with van der Waals surface area (Å²) < 4.78 is 0. The lowest BCUT2D eigenvalue weighted by molar-refractivity contribution is -0.130. The fraction of sp³-hybridized carbons (Fsp3) is 0.929. The third-order valence-electron chi connectivity index (χ3n) is 3.43. The Hall–Kier alpha value is 0.0700. The number of halogens is 1. The molecule has 0 aromatic rings. The summed E-state index contributed by atoms with van der Waals surface area (Å²) in [5.41, 5.74) is 0. The minimum Gasteiger partial charge on any atom is -0.342 e. The van der Waals surface area contributed by atoms with Crippen molar-refractivity contribution in [1.82, 2.24) is 10.2 Å². The summed E-state index contributed by atoms with van der Waals surface area (Å²) in [6.07, 6.45) is 3.63. The lowest BCUT2D eigenvalue weighted by atomic mass is 9.98. The molecule has 1 fully saturated rings. The second kappa shape index (κ2) is 10.8. The normalized spacial score (nSPS) is 19.4. The number of rotatable bonds is 7. The molecule has 1 saturated heterocycles. The first-order valence-corrected chi connectivity index (χ1v) is 8.29. The van der Waals surface area contributed by atoms with E-state index in [1.807, 2.05) is 7.05 Å². The second-order valence-electron chi connectivity index (χ2n) is 5.64. The van der Waals surface area contributed by atoms with E-state index < -0.39 is 0 Å². The fourth-order valence-corrected chi connectivity index (χ4v) is 3.46. The molecule has 3 nitrogen and oxygen atoms in total. The van der Waals surface area contributed by atoms with Gasteiger partial charge in [-0.2, -0.15) is 11.8 Å². The lowest BCUT2D eigenvalue weighted by Gasteiger charge is -2.32. The van der Waals surface area contributed by atoms with Gasteiger partial charge in [0, 0.05) is 13.1 Å². The Labute approximate surface area is 128 Å². The van der Waals surface area contributed by atoms with Gasteiger partial charge in [-0.25, -0.2) is 0 Å². The van der Waals surface area contributed by atoms with E-state index in [4.69, 9.17) is 0 Å². The van der Waals surface area contributed by atoms with Gasteiger partial charge >= 0.3 is 0 Å². The van der Waals surface area contributed by atoms with Crippen molar-refractivity contribution < 1.29 is 4.79 Å². The number of hydrogen-bond donors (Lipinski definition) is 1. The minimum absolute atomic E-state index is 0. The first kappa shape index (κ1) is 19.1. The summed E-state index contributed by atoms with van der Waals surface area (Å²) in [6, 6.07) is 0. The summed E-state index contributed by atoms with van der Waals surface area (Å²) in [4.78, 5) is 14.1. The molecule has 1 N–H and O–H groups in total. The van der Waals surface area contributed by atoms with E-state index in [-0.39, 0.29) is 12.4 Å². The molecule has 19 heavy (non-hydrogen) atoms. The highest BCUT2D eigenvalue weighted by atomic mass is 35.5. The van der Waals surface area contributed by atoms with Crippen LogP contribution in [-0.4, -0.2) is 49.0 Å². The van der Waals surface area contributed by atoms with Crippen LogP contribution >= 0.6 is 24.2 Å². The number of hydrogen-bond acceptors (Lipinski definition) is 3.